The van der Waals surface area contributed by atoms with E-state index in [1.165, 1.54) is 32.1 Å². The van der Waals surface area contributed by atoms with Gasteiger partial charge >= 0.3 is 0 Å². The molecule has 146 valence electrons. The van der Waals surface area contributed by atoms with Crippen LogP contribution in [0.5, 0.6) is 0 Å². The highest BCUT2D eigenvalue weighted by molar-refractivity contribution is 14.0. The number of aliphatic imine (C=N–C) groups is 1. The molecule has 0 aromatic rings. The minimum absolute atomic E-state index is 0. The van der Waals surface area contributed by atoms with Crippen LogP contribution in [0.3, 0.4) is 0 Å². The maximum atomic E-state index is 12.1. The lowest BCUT2D eigenvalue weighted by molar-refractivity contribution is 0.299. The van der Waals surface area contributed by atoms with E-state index in [1.54, 1.807) is 7.05 Å². The van der Waals surface area contributed by atoms with Gasteiger partial charge in [0.1, 0.15) is 0 Å². The van der Waals surface area contributed by atoms with Crippen LogP contribution < -0.4 is 10.0 Å². The number of hydrogen-bond acceptors (Lipinski definition) is 3. The van der Waals surface area contributed by atoms with Gasteiger partial charge in [-0.05, 0) is 43.4 Å². The van der Waals surface area contributed by atoms with Gasteiger partial charge in [0.15, 0.2) is 5.96 Å². The first-order chi connectivity index (χ1) is 11.6. The van der Waals surface area contributed by atoms with Crippen LogP contribution in [-0.4, -0.2) is 58.3 Å². The van der Waals surface area contributed by atoms with Gasteiger partial charge in [-0.25, -0.2) is 13.1 Å². The van der Waals surface area contributed by atoms with Gasteiger partial charge in [0.25, 0.3) is 0 Å². The van der Waals surface area contributed by atoms with E-state index in [1.807, 2.05) is 0 Å². The third-order valence-corrected chi connectivity index (χ3v) is 7.31. The predicted octanol–water partition coefficient (Wildman–Crippen LogP) is 2.02. The van der Waals surface area contributed by atoms with E-state index in [0.29, 0.717) is 19.0 Å². The number of sulfonamides is 1. The second kappa shape index (κ2) is 9.73. The summed E-state index contributed by atoms with van der Waals surface area (Å²) in [6, 6.07) is 0. The molecule has 3 aliphatic rings. The van der Waals surface area contributed by atoms with E-state index >= 15 is 0 Å². The SMILES string of the molecule is CN=C(NCCS(=O)(=O)NCC1CCC1)N1CC2CCCCC2C1.I. The molecule has 2 atom stereocenters. The van der Waals surface area contributed by atoms with Crippen LogP contribution >= 0.6 is 24.0 Å². The van der Waals surface area contributed by atoms with Gasteiger partial charge in [0.2, 0.25) is 10.0 Å². The quantitative estimate of drug-likeness (QED) is 0.344. The zero-order valence-electron chi connectivity index (χ0n) is 15.2. The first-order valence-corrected chi connectivity index (χ1v) is 11.2. The maximum Gasteiger partial charge on any atom is 0.213 e. The zero-order valence-corrected chi connectivity index (χ0v) is 18.4. The van der Waals surface area contributed by atoms with Crippen molar-refractivity contribution in [3.63, 3.8) is 0 Å². The van der Waals surface area contributed by atoms with Crippen LogP contribution in [0, 0.1) is 17.8 Å². The van der Waals surface area contributed by atoms with Gasteiger partial charge < -0.3 is 10.2 Å². The largest absolute Gasteiger partial charge is 0.355 e. The van der Waals surface area contributed by atoms with Crippen LogP contribution in [0.4, 0.5) is 0 Å². The van der Waals surface area contributed by atoms with Gasteiger partial charge in [0, 0.05) is 33.2 Å². The monoisotopic (exact) mass is 484 g/mol. The van der Waals surface area contributed by atoms with Crippen molar-refractivity contribution >= 4 is 40.0 Å². The summed E-state index contributed by atoms with van der Waals surface area (Å²) < 4.78 is 26.9. The van der Waals surface area contributed by atoms with E-state index in [-0.39, 0.29) is 29.7 Å². The first-order valence-electron chi connectivity index (χ1n) is 9.50. The molecule has 3 fully saturated rings. The molecule has 0 amide bonds. The fourth-order valence-corrected chi connectivity index (χ4v) is 5.23. The summed E-state index contributed by atoms with van der Waals surface area (Å²) in [5.41, 5.74) is 0. The van der Waals surface area contributed by atoms with Crippen LogP contribution in [0.25, 0.3) is 0 Å². The van der Waals surface area contributed by atoms with Crippen molar-refractivity contribution in [3.8, 4) is 0 Å². The number of nitrogens with zero attached hydrogens (tertiary/aromatic N) is 2. The number of rotatable bonds is 6. The topological polar surface area (TPSA) is 73.8 Å². The molecule has 8 heteroatoms. The third kappa shape index (κ3) is 5.95. The molecular formula is C17H33IN4O2S. The standard InChI is InChI=1S/C17H32N4O2S.HI/c1-18-17(21-12-15-7-2-3-8-16(15)13-21)19-9-10-24(22,23)20-11-14-5-4-6-14;/h14-16,20H,2-13H2,1H3,(H,18,19);1H. The number of nitrogens with one attached hydrogen (secondary N) is 2. The van der Waals surface area contributed by atoms with Crippen LogP contribution in [-0.2, 0) is 10.0 Å². The van der Waals surface area contributed by atoms with Gasteiger partial charge in [-0.3, -0.25) is 4.99 Å². The lowest BCUT2D eigenvalue weighted by Gasteiger charge is -2.25. The molecule has 1 aliphatic heterocycles. The summed E-state index contributed by atoms with van der Waals surface area (Å²) in [5.74, 6) is 3.11. The second-order valence-corrected chi connectivity index (χ2v) is 9.57. The molecule has 0 radical (unpaired) electrons. The Kier molecular flexibility index (Phi) is 8.26. The predicted molar refractivity (Wildman–Crippen MR) is 113 cm³/mol. The van der Waals surface area contributed by atoms with Crippen LogP contribution in [0.15, 0.2) is 4.99 Å². The Morgan fingerprint density at radius 3 is 2.24 bits per heavy atom. The zero-order chi connectivity index (χ0) is 17.0. The maximum absolute atomic E-state index is 12.1. The Bertz CT molecular complexity index is 537. The molecule has 25 heavy (non-hydrogen) atoms. The average Bonchev–Trinajstić information content (AvgIpc) is 2.93. The Morgan fingerprint density at radius 2 is 1.72 bits per heavy atom. The number of fused-ring (bicyclic) bond motifs is 1. The molecule has 1 heterocycles. The summed E-state index contributed by atoms with van der Waals surface area (Å²) >= 11 is 0. The Hall–Kier alpha value is -0.0900. The van der Waals surface area contributed by atoms with E-state index < -0.39 is 10.0 Å². The Morgan fingerprint density at radius 1 is 1.08 bits per heavy atom. The molecule has 6 nitrogen and oxygen atoms in total. The first kappa shape index (κ1) is 21.2. The third-order valence-electron chi connectivity index (χ3n) is 5.96. The van der Waals surface area contributed by atoms with Crippen molar-refractivity contribution < 1.29 is 8.42 Å². The van der Waals surface area contributed by atoms with E-state index in [4.69, 9.17) is 0 Å². The van der Waals surface area contributed by atoms with E-state index in [9.17, 15) is 8.42 Å². The number of guanidine groups is 1. The van der Waals surface area contributed by atoms with Crippen molar-refractivity contribution in [2.45, 2.75) is 44.9 Å². The van der Waals surface area contributed by atoms with Crippen molar-refractivity contribution in [2.75, 3.05) is 39.0 Å². The summed E-state index contributed by atoms with van der Waals surface area (Å²) in [7, 11) is -1.40. The number of hydrogen-bond donors (Lipinski definition) is 2. The number of halogens is 1. The Labute approximate surface area is 169 Å². The van der Waals surface area contributed by atoms with Crippen molar-refractivity contribution in [3.05, 3.63) is 0 Å². The molecule has 2 saturated carbocycles. The highest BCUT2D eigenvalue weighted by Gasteiger charge is 2.35. The Balaban J connectivity index is 0.00000225. The lowest BCUT2D eigenvalue weighted by Crippen LogP contribution is -2.43. The molecule has 2 unspecified atom stereocenters. The van der Waals surface area contributed by atoms with Gasteiger partial charge in [0.05, 0.1) is 5.75 Å². The molecule has 0 bridgehead atoms. The minimum atomic E-state index is -3.19. The van der Waals surface area contributed by atoms with Crippen molar-refractivity contribution in [1.82, 2.24) is 14.9 Å². The molecule has 0 aromatic carbocycles. The minimum Gasteiger partial charge on any atom is -0.355 e. The number of likely N-dealkylation sites (tertiary alicyclic amines) is 1. The fraction of sp³-hybridized carbons (Fsp3) is 0.941. The highest BCUT2D eigenvalue weighted by atomic mass is 127. The van der Waals surface area contributed by atoms with Crippen molar-refractivity contribution in [1.29, 1.82) is 0 Å². The lowest BCUT2D eigenvalue weighted by atomic mass is 9.82. The summed E-state index contributed by atoms with van der Waals surface area (Å²) in [5, 5.41) is 3.25. The molecule has 2 N–H and O–H groups in total. The molecule has 1 saturated heterocycles. The molecule has 3 rings (SSSR count). The van der Waals surface area contributed by atoms with Crippen LogP contribution in [0.1, 0.15) is 44.9 Å². The molecule has 0 spiro atoms. The molecular weight excluding hydrogens is 451 g/mol. The molecule has 0 aromatic heterocycles. The molecule has 2 aliphatic carbocycles. The van der Waals surface area contributed by atoms with Crippen LogP contribution in [0.2, 0.25) is 0 Å². The van der Waals surface area contributed by atoms with Gasteiger partial charge in [-0.1, -0.05) is 19.3 Å². The highest BCUT2D eigenvalue weighted by Crippen LogP contribution is 2.35. The van der Waals surface area contributed by atoms with Crippen molar-refractivity contribution in [2.24, 2.45) is 22.7 Å². The van der Waals surface area contributed by atoms with Gasteiger partial charge in [-0.2, -0.15) is 0 Å². The summed E-state index contributed by atoms with van der Waals surface area (Å²) in [6.07, 6.45) is 8.92. The smallest absolute Gasteiger partial charge is 0.213 e. The fourth-order valence-electron chi connectivity index (χ4n) is 4.22. The van der Waals surface area contributed by atoms with Gasteiger partial charge in [-0.15, -0.1) is 24.0 Å². The van der Waals surface area contributed by atoms with E-state index in [0.717, 1.165) is 43.7 Å². The normalized spacial score (nSPS) is 27.4. The average molecular weight is 484 g/mol. The second-order valence-electron chi connectivity index (χ2n) is 7.65. The summed E-state index contributed by atoms with van der Waals surface area (Å²) in [4.78, 5) is 6.67. The van der Waals surface area contributed by atoms with E-state index in [2.05, 4.69) is 19.9 Å². The summed E-state index contributed by atoms with van der Waals surface area (Å²) in [6.45, 7) is 3.15.